The van der Waals surface area contributed by atoms with Crippen molar-refractivity contribution in [2.75, 3.05) is 33.2 Å². The molecule has 0 radical (unpaired) electrons. The van der Waals surface area contributed by atoms with Crippen LogP contribution in [0.2, 0.25) is 0 Å². The van der Waals surface area contributed by atoms with Crippen LogP contribution >= 0.6 is 12.6 Å². The van der Waals surface area contributed by atoms with Crippen molar-refractivity contribution in [1.82, 2.24) is 15.5 Å². The number of nitrogens with one attached hydrogen (secondary N) is 2. The number of thiol groups is 1. The molecule has 0 aliphatic carbocycles. The molecule has 0 aromatic heterocycles. The number of hydrogen-bond donors (Lipinski definition) is 3. The molecule has 4 heteroatoms. The summed E-state index contributed by atoms with van der Waals surface area (Å²) in [6.07, 6.45) is 0. The van der Waals surface area contributed by atoms with Crippen LogP contribution in [0, 0.1) is 0 Å². The first-order valence-corrected chi connectivity index (χ1v) is 5.87. The molecule has 0 saturated heterocycles. The molecule has 2 N–H and O–H groups in total. The van der Waals surface area contributed by atoms with Crippen LogP contribution in [-0.2, 0) is 0 Å². The van der Waals surface area contributed by atoms with E-state index in [1.54, 1.807) is 0 Å². The molecule has 0 amide bonds. The maximum atomic E-state index is 4.26. The van der Waals surface area contributed by atoms with Gasteiger partial charge in [-0.15, -0.1) is 0 Å². The molecule has 0 rings (SSSR count). The zero-order valence-corrected chi connectivity index (χ0v) is 10.8. The number of hydrogen-bond acceptors (Lipinski definition) is 4. The van der Waals surface area contributed by atoms with Crippen molar-refractivity contribution >= 4 is 12.6 Å². The lowest BCUT2D eigenvalue weighted by Gasteiger charge is -2.18. The average molecular weight is 219 g/mol. The minimum Gasteiger partial charge on any atom is -0.313 e. The fourth-order valence-corrected chi connectivity index (χ4v) is 1.25. The minimum absolute atomic E-state index is 0.289. The third-order valence-electron chi connectivity index (χ3n) is 1.98. The lowest BCUT2D eigenvalue weighted by atomic mass is 10.4. The molecule has 3 nitrogen and oxygen atoms in total. The second-order valence-corrected chi connectivity index (χ2v) is 4.82. The predicted octanol–water partition coefficient (Wildman–Crippen LogP) is 0.782. The molecule has 1 atom stereocenters. The Kier molecular flexibility index (Phi) is 8.67. The van der Waals surface area contributed by atoms with Crippen LogP contribution in [0.3, 0.4) is 0 Å². The van der Waals surface area contributed by atoms with Crippen LogP contribution in [0.1, 0.15) is 20.8 Å². The van der Waals surface area contributed by atoms with Crippen LogP contribution in [0.15, 0.2) is 0 Å². The molecular weight excluding hydrogens is 194 g/mol. The van der Waals surface area contributed by atoms with Crippen molar-refractivity contribution < 1.29 is 0 Å². The van der Waals surface area contributed by atoms with E-state index in [0.717, 1.165) is 26.2 Å². The predicted molar refractivity (Wildman–Crippen MR) is 67.1 cm³/mol. The van der Waals surface area contributed by atoms with Gasteiger partial charge in [-0.1, -0.05) is 13.8 Å². The zero-order chi connectivity index (χ0) is 11.0. The Morgan fingerprint density at radius 2 is 1.57 bits per heavy atom. The lowest BCUT2D eigenvalue weighted by molar-refractivity contribution is 0.324. The molecule has 1 unspecified atom stereocenters. The van der Waals surface area contributed by atoms with Crippen LogP contribution in [0.25, 0.3) is 0 Å². The maximum Gasteiger partial charge on any atom is 0.0474 e. The van der Waals surface area contributed by atoms with Gasteiger partial charge in [0.2, 0.25) is 0 Å². The number of nitrogens with zero attached hydrogens (tertiary/aromatic N) is 1. The quantitative estimate of drug-likeness (QED) is 0.416. The molecule has 86 valence electrons. The Morgan fingerprint density at radius 1 is 1.07 bits per heavy atom. The third-order valence-corrected chi connectivity index (χ3v) is 2.16. The van der Waals surface area contributed by atoms with E-state index in [1.165, 1.54) is 0 Å². The van der Waals surface area contributed by atoms with Crippen molar-refractivity contribution in [1.29, 1.82) is 0 Å². The molecule has 0 saturated carbocycles. The molecule has 0 spiro atoms. The van der Waals surface area contributed by atoms with Gasteiger partial charge in [-0.05, 0) is 14.0 Å². The van der Waals surface area contributed by atoms with Crippen molar-refractivity contribution in [2.45, 2.75) is 32.2 Å². The second kappa shape index (κ2) is 8.53. The maximum absolute atomic E-state index is 4.26. The first kappa shape index (κ1) is 14.2. The molecule has 0 aliphatic heterocycles. The molecule has 0 bridgehead atoms. The zero-order valence-electron chi connectivity index (χ0n) is 9.88. The first-order chi connectivity index (χ1) is 6.52. The highest BCUT2D eigenvalue weighted by Crippen LogP contribution is 1.86. The summed E-state index contributed by atoms with van der Waals surface area (Å²) in [6.45, 7) is 10.6. The number of likely N-dealkylation sites (N-methyl/N-ethyl adjacent to an activating group) is 1. The van der Waals surface area contributed by atoms with Gasteiger partial charge in [-0.3, -0.25) is 0 Å². The van der Waals surface area contributed by atoms with E-state index in [0.29, 0.717) is 6.04 Å². The SMILES string of the molecule is CC(C)NCCN(C)CCNC(C)S. The van der Waals surface area contributed by atoms with E-state index < -0.39 is 0 Å². The Morgan fingerprint density at radius 3 is 2.00 bits per heavy atom. The highest BCUT2D eigenvalue weighted by molar-refractivity contribution is 7.80. The molecule has 0 aromatic rings. The summed E-state index contributed by atoms with van der Waals surface area (Å²) >= 11 is 4.26. The highest BCUT2D eigenvalue weighted by Gasteiger charge is 1.99. The minimum atomic E-state index is 0.289. The molecule has 0 fully saturated rings. The summed E-state index contributed by atoms with van der Waals surface area (Å²) in [5.41, 5.74) is 0. The standard InChI is InChI=1S/C10H25N3S/c1-9(2)11-5-7-13(4)8-6-12-10(3)14/h9-12,14H,5-8H2,1-4H3. The molecule has 0 aliphatic rings. The van der Waals surface area contributed by atoms with Crippen molar-refractivity contribution in [3.8, 4) is 0 Å². The lowest BCUT2D eigenvalue weighted by Crippen LogP contribution is -2.37. The van der Waals surface area contributed by atoms with Crippen LogP contribution < -0.4 is 10.6 Å². The Balaban J connectivity index is 3.23. The fourth-order valence-electron chi connectivity index (χ4n) is 1.12. The van der Waals surface area contributed by atoms with Gasteiger partial charge < -0.3 is 15.5 Å². The van der Waals surface area contributed by atoms with Gasteiger partial charge in [0.1, 0.15) is 0 Å². The Labute approximate surface area is 94.0 Å². The summed E-state index contributed by atoms with van der Waals surface area (Å²) in [5, 5.41) is 6.97. The largest absolute Gasteiger partial charge is 0.313 e. The molecular formula is C10H25N3S. The van der Waals surface area contributed by atoms with Gasteiger partial charge in [-0.2, -0.15) is 12.6 Å². The van der Waals surface area contributed by atoms with Gasteiger partial charge in [0.15, 0.2) is 0 Å². The smallest absolute Gasteiger partial charge is 0.0474 e. The van der Waals surface area contributed by atoms with Gasteiger partial charge in [-0.25, -0.2) is 0 Å². The topological polar surface area (TPSA) is 27.3 Å². The normalized spacial score (nSPS) is 13.9. The average Bonchev–Trinajstić information content (AvgIpc) is 2.02. The molecule has 14 heavy (non-hydrogen) atoms. The summed E-state index contributed by atoms with van der Waals surface area (Å²) in [4.78, 5) is 2.32. The number of rotatable bonds is 8. The summed E-state index contributed by atoms with van der Waals surface area (Å²) in [5.74, 6) is 0. The Bertz CT molecular complexity index is 115. The van der Waals surface area contributed by atoms with E-state index in [-0.39, 0.29) is 5.37 Å². The fraction of sp³-hybridized carbons (Fsp3) is 1.00. The van der Waals surface area contributed by atoms with E-state index >= 15 is 0 Å². The first-order valence-electron chi connectivity index (χ1n) is 5.35. The van der Waals surface area contributed by atoms with Crippen molar-refractivity contribution in [2.24, 2.45) is 0 Å². The summed E-state index contributed by atoms with van der Waals surface area (Å²) in [6, 6.07) is 0.582. The van der Waals surface area contributed by atoms with Gasteiger partial charge in [0.25, 0.3) is 0 Å². The van der Waals surface area contributed by atoms with E-state index in [2.05, 4.69) is 49.1 Å². The summed E-state index contributed by atoms with van der Waals surface area (Å²) in [7, 11) is 2.15. The van der Waals surface area contributed by atoms with Crippen LogP contribution in [-0.4, -0.2) is 49.5 Å². The second-order valence-electron chi connectivity index (χ2n) is 4.04. The highest BCUT2D eigenvalue weighted by atomic mass is 32.1. The van der Waals surface area contributed by atoms with E-state index in [4.69, 9.17) is 0 Å². The van der Waals surface area contributed by atoms with Gasteiger partial charge >= 0.3 is 0 Å². The van der Waals surface area contributed by atoms with Crippen molar-refractivity contribution in [3.05, 3.63) is 0 Å². The van der Waals surface area contributed by atoms with Crippen molar-refractivity contribution in [3.63, 3.8) is 0 Å². The van der Waals surface area contributed by atoms with E-state index in [9.17, 15) is 0 Å². The summed E-state index contributed by atoms with van der Waals surface area (Å²) < 4.78 is 0. The Hall–Kier alpha value is 0.230. The third kappa shape index (κ3) is 10.3. The van der Waals surface area contributed by atoms with E-state index in [1.807, 2.05) is 6.92 Å². The van der Waals surface area contributed by atoms with Gasteiger partial charge in [0.05, 0.1) is 0 Å². The van der Waals surface area contributed by atoms with Gasteiger partial charge in [0, 0.05) is 37.6 Å². The van der Waals surface area contributed by atoms with Crippen LogP contribution in [0.5, 0.6) is 0 Å². The monoisotopic (exact) mass is 219 g/mol. The molecule has 0 heterocycles. The molecule has 0 aromatic carbocycles. The van der Waals surface area contributed by atoms with Crippen LogP contribution in [0.4, 0.5) is 0 Å².